The smallest absolute Gasteiger partial charge is 0.0861 e. The Hall–Kier alpha value is -1.60. The van der Waals surface area contributed by atoms with Crippen LogP contribution in [0.15, 0.2) is 54.6 Å². The number of hydrogen-bond acceptors (Lipinski definition) is 1. The summed E-state index contributed by atoms with van der Waals surface area (Å²) in [6.07, 6.45) is 1.73. The van der Waals surface area contributed by atoms with E-state index in [1.807, 2.05) is 30.3 Å². The summed E-state index contributed by atoms with van der Waals surface area (Å²) in [7, 11) is 0. The van der Waals surface area contributed by atoms with E-state index in [0.29, 0.717) is 0 Å². The molecule has 1 N–H and O–H groups in total. The second-order valence-corrected chi connectivity index (χ2v) is 4.70. The van der Waals surface area contributed by atoms with E-state index in [0.717, 1.165) is 18.4 Å². The average Bonchev–Trinajstić information content (AvgIpc) is 2.40. The first-order valence-electron chi connectivity index (χ1n) is 6.17. The van der Waals surface area contributed by atoms with Crippen LogP contribution in [-0.2, 0) is 6.42 Å². The van der Waals surface area contributed by atoms with Gasteiger partial charge in [0.1, 0.15) is 0 Å². The van der Waals surface area contributed by atoms with Crippen molar-refractivity contribution in [1.82, 2.24) is 0 Å². The van der Waals surface area contributed by atoms with Crippen LogP contribution >= 0.6 is 0 Å². The first-order valence-corrected chi connectivity index (χ1v) is 6.17. The largest absolute Gasteiger partial charge is 0.388 e. The second kappa shape index (κ2) is 4.34. The van der Waals surface area contributed by atoms with E-state index in [-0.39, 0.29) is 12.0 Å². The van der Waals surface area contributed by atoms with E-state index < -0.39 is 0 Å². The predicted molar refractivity (Wildman–Crippen MR) is 68.9 cm³/mol. The molecule has 0 heterocycles. The van der Waals surface area contributed by atoms with Gasteiger partial charge in [0.2, 0.25) is 0 Å². The highest BCUT2D eigenvalue weighted by Gasteiger charge is 2.28. The van der Waals surface area contributed by atoms with Crippen molar-refractivity contribution in [2.24, 2.45) is 0 Å². The van der Waals surface area contributed by atoms with Crippen LogP contribution in [0.25, 0.3) is 0 Å². The number of aliphatic hydroxyl groups is 1. The maximum Gasteiger partial charge on any atom is 0.0861 e. The van der Waals surface area contributed by atoms with Gasteiger partial charge in [0.05, 0.1) is 6.10 Å². The SMILES string of the molecule is O[C@H]1c2ccccc2CC[C@@H]1c1ccccc1. The molecule has 2 aromatic rings. The van der Waals surface area contributed by atoms with Gasteiger partial charge in [-0.15, -0.1) is 0 Å². The molecule has 0 aromatic heterocycles. The predicted octanol–water partition coefficient (Wildman–Crippen LogP) is 3.45. The summed E-state index contributed by atoms with van der Waals surface area (Å²) < 4.78 is 0. The Morgan fingerprint density at radius 3 is 2.41 bits per heavy atom. The molecule has 0 bridgehead atoms. The maximum absolute atomic E-state index is 10.5. The molecule has 1 heteroatoms. The molecule has 86 valence electrons. The van der Waals surface area contributed by atoms with Crippen molar-refractivity contribution in [2.45, 2.75) is 24.9 Å². The van der Waals surface area contributed by atoms with Crippen LogP contribution in [0, 0.1) is 0 Å². The van der Waals surface area contributed by atoms with E-state index >= 15 is 0 Å². The topological polar surface area (TPSA) is 20.2 Å². The number of rotatable bonds is 1. The molecule has 0 unspecified atom stereocenters. The fourth-order valence-electron chi connectivity index (χ4n) is 2.79. The summed E-state index contributed by atoms with van der Waals surface area (Å²) in [5, 5.41) is 10.5. The standard InChI is InChI=1S/C16H16O/c17-16-14-9-5-4-8-13(14)10-11-15(16)12-6-2-1-3-7-12/h1-9,15-17H,10-11H2/t15-,16+/m1/s1. The molecule has 3 rings (SSSR count). The number of benzene rings is 2. The molecule has 0 spiro atoms. The van der Waals surface area contributed by atoms with Gasteiger partial charge in [0, 0.05) is 5.92 Å². The van der Waals surface area contributed by atoms with E-state index in [9.17, 15) is 5.11 Å². The second-order valence-electron chi connectivity index (χ2n) is 4.70. The number of aliphatic hydroxyl groups excluding tert-OH is 1. The minimum atomic E-state index is -0.359. The summed E-state index contributed by atoms with van der Waals surface area (Å²) in [4.78, 5) is 0. The molecule has 0 amide bonds. The first kappa shape index (κ1) is 10.5. The van der Waals surface area contributed by atoms with Crippen molar-refractivity contribution in [3.63, 3.8) is 0 Å². The molecule has 2 atom stereocenters. The Morgan fingerprint density at radius 2 is 1.59 bits per heavy atom. The number of fused-ring (bicyclic) bond motifs is 1. The maximum atomic E-state index is 10.5. The van der Waals surface area contributed by atoms with Gasteiger partial charge in [0.15, 0.2) is 0 Å². The van der Waals surface area contributed by atoms with Gasteiger partial charge in [-0.05, 0) is 29.5 Å². The molecular formula is C16H16O. The molecule has 1 nitrogen and oxygen atoms in total. The monoisotopic (exact) mass is 224 g/mol. The van der Waals surface area contributed by atoms with Crippen molar-refractivity contribution in [3.05, 3.63) is 71.3 Å². The van der Waals surface area contributed by atoms with Crippen LogP contribution in [0.5, 0.6) is 0 Å². The van der Waals surface area contributed by atoms with Crippen molar-refractivity contribution in [2.75, 3.05) is 0 Å². The molecule has 0 fully saturated rings. The van der Waals surface area contributed by atoms with E-state index in [2.05, 4.69) is 24.3 Å². The van der Waals surface area contributed by atoms with E-state index in [1.165, 1.54) is 11.1 Å². The quantitative estimate of drug-likeness (QED) is 0.786. The third kappa shape index (κ3) is 1.87. The minimum Gasteiger partial charge on any atom is -0.388 e. The zero-order valence-corrected chi connectivity index (χ0v) is 9.71. The summed E-state index contributed by atoms with van der Waals surface area (Å²) in [6.45, 7) is 0. The normalized spacial score (nSPS) is 23.1. The van der Waals surface area contributed by atoms with E-state index in [1.54, 1.807) is 0 Å². The summed E-state index contributed by atoms with van der Waals surface area (Å²) >= 11 is 0. The van der Waals surface area contributed by atoms with Crippen molar-refractivity contribution < 1.29 is 5.11 Å². The van der Waals surface area contributed by atoms with Crippen molar-refractivity contribution >= 4 is 0 Å². The Morgan fingerprint density at radius 1 is 0.882 bits per heavy atom. The zero-order chi connectivity index (χ0) is 11.7. The molecule has 17 heavy (non-hydrogen) atoms. The lowest BCUT2D eigenvalue weighted by atomic mass is 9.78. The highest BCUT2D eigenvalue weighted by molar-refractivity contribution is 5.36. The fourth-order valence-corrected chi connectivity index (χ4v) is 2.79. The molecule has 1 aliphatic rings. The summed E-state index contributed by atoms with van der Waals surface area (Å²) in [5.41, 5.74) is 3.65. The Labute approximate surface area is 102 Å². The Kier molecular flexibility index (Phi) is 2.69. The number of hydrogen-bond donors (Lipinski definition) is 1. The van der Waals surface area contributed by atoms with Crippen molar-refractivity contribution in [1.29, 1.82) is 0 Å². The molecular weight excluding hydrogens is 208 g/mol. The Balaban J connectivity index is 1.97. The van der Waals surface area contributed by atoms with Gasteiger partial charge in [0.25, 0.3) is 0 Å². The van der Waals surface area contributed by atoms with Gasteiger partial charge in [-0.1, -0.05) is 54.6 Å². The van der Waals surface area contributed by atoms with Crippen LogP contribution in [0.1, 0.15) is 35.1 Å². The van der Waals surface area contributed by atoms with Crippen molar-refractivity contribution in [3.8, 4) is 0 Å². The van der Waals surface area contributed by atoms with Gasteiger partial charge in [-0.2, -0.15) is 0 Å². The van der Waals surface area contributed by atoms with Gasteiger partial charge in [-0.3, -0.25) is 0 Å². The fraction of sp³-hybridized carbons (Fsp3) is 0.250. The highest BCUT2D eigenvalue weighted by atomic mass is 16.3. The first-order chi connectivity index (χ1) is 8.36. The molecule has 1 aliphatic carbocycles. The van der Waals surface area contributed by atoms with Gasteiger partial charge < -0.3 is 5.11 Å². The van der Waals surface area contributed by atoms with Gasteiger partial charge >= 0.3 is 0 Å². The zero-order valence-electron chi connectivity index (χ0n) is 9.71. The van der Waals surface area contributed by atoms with Crippen LogP contribution < -0.4 is 0 Å². The lowest BCUT2D eigenvalue weighted by molar-refractivity contribution is 0.131. The molecule has 2 aromatic carbocycles. The lowest BCUT2D eigenvalue weighted by Gasteiger charge is -2.30. The molecule has 0 aliphatic heterocycles. The van der Waals surface area contributed by atoms with Crippen LogP contribution in [0.2, 0.25) is 0 Å². The lowest BCUT2D eigenvalue weighted by Crippen LogP contribution is -2.18. The average molecular weight is 224 g/mol. The van der Waals surface area contributed by atoms with Crippen LogP contribution in [0.4, 0.5) is 0 Å². The Bertz CT molecular complexity index is 504. The third-order valence-electron chi connectivity index (χ3n) is 3.71. The van der Waals surface area contributed by atoms with Gasteiger partial charge in [-0.25, -0.2) is 0 Å². The molecule has 0 radical (unpaired) electrons. The summed E-state index contributed by atoms with van der Waals surface area (Å²) in [5.74, 6) is 0.242. The van der Waals surface area contributed by atoms with Crippen LogP contribution in [-0.4, -0.2) is 5.11 Å². The molecule has 0 saturated carbocycles. The highest BCUT2D eigenvalue weighted by Crippen LogP contribution is 2.40. The minimum absolute atomic E-state index is 0.242. The van der Waals surface area contributed by atoms with Crippen LogP contribution in [0.3, 0.4) is 0 Å². The van der Waals surface area contributed by atoms with E-state index in [4.69, 9.17) is 0 Å². The summed E-state index contributed by atoms with van der Waals surface area (Å²) in [6, 6.07) is 18.6. The number of aryl methyl sites for hydroxylation is 1. The molecule has 0 saturated heterocycles. The third-order valence-corrected chi connectivity index (χ3v) is 3.71.